The van der Waals surface area contributed by atoms with Gasteiger partial charge in [-0.1, -0.05) is 90.7 Å². The van der Waals surface area contributed by atoms with E-state index in [1.807, 2.05) is 72.4 Å². The normalized spacial score (nSPS) is 10.7. The number of thioether (sulfide) groups is 1. The molecule has 0 bridgehead atoms. The van der Waals surface area contributed by atoms with E-state index in [1.54, 1.807) is 0 Å². The predicted octanol–water partition coefficient (Wildman–Crippen LogP) is 8.92. The first kappa shape index (κ1) is 23.8. The van der Waals surface area contributed by atoms with Crippen LogP contribution in [0.15, 0.2) is 138 Å². The highest BCUT2D eigenvalue weighted by atomic mass is 32.2. The minimum absolute atomic E-state index is 0.0203. The van der Waals surface area contributed by atoms with Crippen LogP contribution in [0, 0.1) is 11.8 Å². The fraction of sp³-hybridized carbons (Fsp3) is 0.0278. The molecule has 0 aliphatic heterocycles. The summed E-state index contributed by atoms with van der Waals surface area (Å²) in [6.07, 6.45) is 0. The Bertz CT molecular complexity index is 1810. The van der Waals surface area contributed by atoms with Crippen molar-refractivity contribution in [2.24, 2.45) is 0 Å². The van der Waals surface area contributed by atoms with Gasteiger partial charge in [0, 0.05) is 32.9 Å². The number of carbonyl (C=O) groups is 1. The van der Waals surface area contributed by atoms with Crippen molar-refractivity contribution < 1.29 is 4.79 Å². The second kappa shape index (κ2) is 10.8. The van der Waals surface area contributed by atoms with Gasteiger partial charge in [0.25, 0.3) is 0 Å². The van der Waals surface area contributed by atoms with Crippen LogP contribution in [0.1, 0.15) is 32.6 Å². The third-order valence-corrected chi connectivity index (χ3v) is 7.70. The van der Waals surface area contributed by atoms with Gasteiger partial charge in [-0.25, -0.2) is 0 Å². The Morgan fingerprint density at radius 3 is 1.89 bits per heavy atom. The Kier molecular flexibility index (Phi) is 6.77. The molecule has 0 atom stereocenters. The second-order valence-electron chi connectivity index (χ2n) is 9.14. The summed E-state index contributed by atoms with van der Waals surface area (Å²) < 4.78 is 0. The van der Waals surface area contributed by atoms with Crippen molar-refractivity contribution >= 4 is 39.1 Å². The molecule has 0 aromatic heterocycles. The summed E-state index contributed by atoms with van der Waals surface area (Å²) in [6, 6.07) is 44.8. The van der Waals surface area contributed by atoms with E-state index in [4.69, 9.17) is 0 Å². The van der Waals surface area contributed by atoms with Crippen LogP contribution in [0.2, 0.25) is 0 Å². The predicted molar refractivity (Wildman–Crippen MR) is 160 cm³/mol. The Hall–Kier alpha value is -4.58. The first-order chi connectivity index (χ1) is 18.7. The van der Waals surface area contributed by atoms with Crippen molar-refractivity contribution in [3.63, 3.8) is 0 Å². The van der Waals surface area contributed by atoms with Crippen LogP contribution in [0.4, 0.5) is 0 Å². The number of benzene rings is 6. The summed E-state index contributed by atoms with van der Waals surface area (Å²) in [7, 11) is 0. The second-order valence-corrected chi connectivity index (χ2v) is 10.2. The molecule has 2 heteroatoms. The quantitative estimate of drug-likeness (QED) is 0.101. The summed E-state index contributed by atoms with van der Waals surface area (Å²) in [6.45, 7) is 0. The Morgan fingerprint density at radius 2 is 1.18 bits per heavy atom. The highest BCUT2D eigenvalue weighted by Crippen LogP contribution is 2.32. The molecule has 0 aliphatic rings. The number of hydrogen-bond acceptors (Lipinski definition) is 2. The van der Waals surface area contributed by atoms with Gasteiger partial charge in [-0.3, -0.25) is 4.79 Å². The van der Waals surface area contributed by atoms with Crippen LogP contribution >= 0.6 is 11.8 Å². The van der Waals surface area contributed by atoms with Gasteiger partial charge in [0.1, 0.15) is 0 Å². The van der Waals surface area contributed by atoms with Crippen LogP contribution in [-0.4, -0.2) is 5.78 Å². The maximum Gasteiger partial charge on any atom is 0.193 e. The number of fused-ring (bicyclic) bond motifs is 2. The largest absolute Gasteiger partial charge is 0.289 e. The summed E-state index contributed by atoms with van der Waals surface area (Å²) in [5.41, 5.74) is 4.54. The molecule has 1 nitrogen and oxygen atoms in total. The van der Waals surface area contributed by atoms with E-state index in [0.717, 1.165) is 16.9 Å². The van der Waals surface area contributed by atoms with E-state index in [1.165, 1.54) is 32.0 Å². The van der Waals surface area contributed by atoms with Crippen molar-refractivity contribution in [1.29, 1.82) is 0 Å². The summed E-state index contributed by atoms with van der Waals surface area (Å²) in [5.74, 6) is 7.64. The molecule has 0 saturated carbocycles. The number of ketones is 1. The molecule has 0 N–H and O–H groups in total. The Morgan fingerprint density at radius 1 is 0.579 bits per heavy atom. The molecular weight excluding hydrogens is 480 g/mol. The van der Waals surface area contributed by atoms with Crippen LogP contribution in [0.5, 0.6) is 0 Å². The number of rotatable bonds is 5. The zero-order valence-electron chi connectivity index (χ0n) is 20.7. The van der Waals surface area contributed by atoms with E-state index >= 15 is 0 Å². The average molecular weight is 505 g/mol. The molecule has 0 saturated heterocycles. The molecule has 0 fully saturated rings. The molecule has 0 amide bonds. The zero-order chi connectivity index (χ0) is 25.7. The molecular formula is C36H24OS. The van der Waals surface area contributed by atoms with E-state index in [0.29, 0.717) is 11.1 Å². The standard InChI is InChI=1S/C36H24OS/c37-36(28-9-3-1-4-10-28)29-19-16-26(17-20-29)15-18-27-21-22-32(25-38-33-13-5-2-6-14-33)35-24-31-12-8-7-11-30(31)23-34(27)35/h1-14,16-17,19-24H,25H2. The molecule has 6 rings (SSSR count). The maximum atomic E-state index is 12.7. The SMILES string of the molecule is O=C(c1ccccc1)c1ccc(C#Cc2ccc(CSc3ccccc3)c3cc4ccccc4cc23)cc1. The molecule has 6 aromatic rings. The van der Waals surface area contributed by atoms with Crippen LogP contribution in [0.25, 0.3) is 21.5 Å². The third-order valence-electron chi connectivity index (χ3n) is 6.64. The average Bonchev–Trinajstić information content (AvgIpc) is 2.99. The fourth-order valence-electron chi connectivity index (χ4n) is 4.61. The van der Waals surface area contributed by atoms with Crippen molar-refractivity contribution in [2.75, 3.05) is 0 Å². The van der Waals surface area contributed by atoms with Crippen molar-refractivity contribution in [1.82, 2.24) is 0 Å². The van der Waals surface area contributed by atoms with Gasteiger partial charge < -0.3 is 0 Å². The van der Waals surface area contributed by atoms with Gasteiger partial charge >= 0.3 is 0 Å². The van der Waals surface area contributed by atoms with Gasteiger partial charge in [-0.05, 0) is 81.7 Å². The van der Waals surface area contributed by atoms with Gasteiger partial charge in [0.15, 0.2) is 5.78 Å². The summed E-state index contributed by atoms with van der Waals surface area (Å²) in [5, 5.41) is 4.84. The van der Waals surface area contributed by atoms with E-state index in [-0.39, 0.29) is 5.78 Å². The lowest BCUT2D eigenvalue weighted by Gasteiger charge is -2.11. The van der Waals surface area contributed by atoms with Crippen molar-refractivity contribution in [3.05, 3.63) is 161 Å². The molecule has 6 aromatic carbocycles. The van der Waals surface area contributed by atoms with Crippen molar-refractivity contribution in [2.45, 2.75) is 10.6 Å². The van der Waals surface area contributed by atoms with Gasteiger partial charge in [-0.15, -0.1) is 11.8 Å². The van der Waals surface area contributed by atoms with Gasteiger partial charge in [0.05, 0.1) is 0 Å². The van der Waals surface area contributed by atoms with E-state index < -0.39 is 0 Å². The summed E-state index contributed by atoms with van der Waals surface area (Å²) >= 11 is 1.85. The maximum absolute atomic E-state index is 12.7. The highest BCUT2D eigenvalue weighted by molar-refractivity contribution is 7.98. The smallest absolute Gasteiger partial charge is 0.193 e. The lowest BCUT2D eigenvalue weighted by atomic mass is 9.96. The zero-order valence-corrected chi connectivity index (χ0v) is 21.5. The van der Waals surface area contributed by atoms with Gasteiger partial charge in [-0.2, -0.15) is 0 Å². The molecule has 0 heterocycles. The molecule has 180 valence electrons. The lowest BCUT2D eigenvalue weighted by Crippen LogP contribution is -2.00. The van der Waals surface area contributed by atoms with Crippen LogP contribution in [0.3, 0.4) is 0 Å². The van der Waals surface area contributed by atoms with Gasteiger partial charge in [0.2, 0.25) is 0 Å². The number of carbonyl (C=O) groups excluding carboxylic acids is 1. The highest BCUT2D eigenvalue weighted by Gasteiger charge is 2.09. The van der Waals surface area contributed by atoms with E-state index in [2.05, 4.69) is 84.6 Å². The molecule has 0 aliphatic carbocycles. The topological polar surface area (TPSA) is 17.1 Å². The lowest BCUT2D eigenvalue weighted by molar-refractivity contribution is 0.103. The Labute approximate surface area is 227 Å². The third kappa shape index (κ3) is 5.11. The molecule has 0 spiro atoms. The first-order valence-corrected chi connectivity index (χ1v) is 13.6. The molecule has 0 unspecified atom stereocenters. The first-order valence-electron chi connectivity index (χ1n) is 12.6. The molecule has 38 heavy (non-hydrogen) atoms. The monoisotopic (exact) mass is 504 g/mol. The minimum atomic E-state index is 0.0203. The fourth-order valence-corrected chi connectivity index (χ4v) is 5.53. The van der Waals surface area contributed by atoms with Crippen LogP contribution < -0.4 is 0 Å². The van der Waals surface area contributed by atoms with E-state index in [9.17, 15) is 4.79 Å². The molecule has 0 radical (unpaired) electrons. The number of hydrogen-bond donors (Lipinski definition) is 0. The minimum Gasteiger partial charge on any atom is -0.289 e. The summed E-state index contributed by atoms with van der Waals surface area (Å²) in [4.78, 5) is 14.0. The van der Waals surface area contributed by atoms with Crippen LogP contribution in [-0.2, 0) is 5.75 Å². The van der Waals surface area contributed by atoms with Crippen molar-refractivity contribution in [3.8, 4) is 11.8 Å². The Balaban J connectivity index is 1.34.